The topological polar surface area (TPSA) is 95.9 Å². The summed E-state index contributed by atoms with van der Waals surface area (Å²) in [6, 6.07) is -0.960. The fourth-order valence-electron chi connectivity index (χ4n) is 2.98. The number of amides is 2. The summed E-state index contributed by atoms with van der Waals surface area (Å²) in [5.41, 5.74) is -1.98. The van der Waals surface area contributed by atoms with E-state index in [0.717, 1.165) is 30.7 Å². The Bertz CT molecular complexity index is 478. The van der Waals surface area contributed by atoms with Gasteiger partial charge in [0.2, 0.25) is 12.3 Å². The lowest BCUT2D eigenvalue weighted by Crippen LogP contribution is -2.59. The summed E-state index contributed by atoms with van der Waals surface area (Å²) in [6.07, 6.45) is 6.25. The average molecular weight is 356 g/mol. The van der Waals surface area contributed by atoms with Crippen LogP contribution in [0.2, 0.25) is 0 Å². The van der Waals surface area contributed by atoms with E-state index in [-0.39, 0.29) is 0 Å². The summed E-state index contributed by atoms with van der Waals surface area (Å²) in [4.78, 5) is 41.1. The number of hydrogen-bond acceptors (Lipinski definition) is 4. The maximum absolute atomic E-state index is 12.7. The van der Waals surface area contributed by atoms with Gasteiger partial charge in [0, 0.05) is 0 Å². The van der Waals surface area contributed by atoms with Crippen molar-refractivity contribution in [2.24, 2.45) is 5.92 Å². The molecule has 0 bridgehead atoms. The Morgan fingerprint density at radius 1 is 1.20 bits per heavy atom. The summed E-state index contributed by atoms with van der Waals surface area (Å²) in [5, 5.41) is 13.0. The second-order valence-electron chi connectivity index (χ2n) is 8.30. The minimum absolute atomic E-state index is 0.311. The van der Waals surface area contributed by atoms with Crippen LogP contribution in [0.4, 0.5) is 0 Å². The van der Waals surface area contributed by atoms with Gasteiger partial charge in [-0.05, 0) is 47.0 Å². The van der Waals surface area contributed by atoms with Gasteiger partial charge in [0.15, 0.2) is 0 Å². The largest absolute Gasteiger partial charge is 0.480 e. The van der Waals surface area contributed by atoms with Crippen LogP contribution in [0.1, 0.15) is 73.1 Å². The lowest BCUT2D eigenvalue weighted by atomic mass is 9.84. The molecule has 1 atom stereocenters. The number of carboxylic acid groups (broad SMARTS) is 1. The molecule has 0 spiro atoms. The van der Waals surface area contributed by atoms with E-state index in [0.29, 0.717) is 18.7 Å². The van der Waals surface area contributed by atoms with Gasteiger partial charge in [-0.15, -0.1) is 0 Å². The molecule has 1 saturated carbocycles. The number of aliphatic carboxylic acids is 1. The first-order valence-corrected chi connectivity index (χ1v) is 8.95. The van der Waals surface area contributed by atoms with Crippen molar-refractivity contribution in [2.45, 2.75) is 90.3 Å². The van der Waals surface area contributed by atoms with E-state index in [9.17, 15) is 19.5 Å². The number of carbonyl (C=O) groups excluding carboxylic acids is 2. The van der Waals surface area contributed by atoms with Crippen molar-refractivity contribution in [3.05, 3.63) is 0 Å². The molecule has 0 radical (unpaired) electrons. The van der Waals surface area contributed by atoms with E-state index in [4.69, 9.17) is 4.84 Å². The number of carboxylic acids is 1. The lowest BCUT2D eigenvalue weighted by molar-refractivity contribution is -0.247. The fraction of sp³-hybridized carbons (Fsp3) is 0.833. The molecule has 2 amide bonds. The Kier molecular flexibility index (Phi) is 7.41. The quantitative estimate of drug-likeness (QED) is 0.514. The first-order chi connectivity index (χ1) is 11.5. The van der Waals surface area contributed by atoms with Crippen molar-refractivity contribution in [1.82, 2.24) is 10.4 Å². The Balaban J connectivity index is 2.79. The van der Waals surface area contributed by atoms with Gasteiger partial charge in [-0.1, -0.05) is 32.1 Å². The van der Waals surface area contributed by atoms with E-state index in [2.05, 4.69) is 5.32 Å². The van der Waals surface area contributed by atoms with Crippen molar-refractivity contribution >= 4 is 18.3 Å². The highest BCUT2D eigenvalue weighted by Gasteiger charge is 2.39. The molecule has 7 nitrogen and oxygen atoms in total. The second-order valence-corrected chi connectivity index (χ2v) is 8.30. The molecule has 144 valence electrons. The molecule has 1 aliphatic rings. The van der Waals surface area contributed by atoms with Crippen LogP contribution in [0.3, 0.4) is 0 Å². The number of nitrogens with zero attached hydrogens (tertiary/aromatic N) is 1. The molecule has 1 fully saturated rings. The first kappa shape index (κ1) is 21.4. The van der Waals surface area contributed by atoms with Gasteiger partial charge < -0.3 is 10.4 Å². The Morgan fingerprint density at radius 2 is 1.76 bits per heavy atom. The highest BCUT2D eigenvalue weighted by atomic mass is 16.7. The Morgan fingerprint density at radius 3 is 2.20 bits per heavy atom. The van der Waals surface area contributed by atoms with Crippen molar-refractivity contribution in [3.8, 4) is 0 Å². The summed E-state index contributed by atoms with van der Waals surface area (Å²) in [7, 11) is 0. The predicted molar refractivity (Wildman–Crippen MR) is 93.6 cm³/mol. The molecule has 1 rings (SSSR count). The minimum Gasteiger partial charge on any atom is -0.480 e. The van der Waals surface area contributed by atoms with Gasteiger partial charge in [0.05, 0.1) is 5.60 Å². The zero-order valence-corrected chi connectivity index (χ0v) is 16.0. The average Bonchev–Trinajstić information content (AvgIpc) is 2.51. The molecule has 0 heterocycles. The molecule has 1 aliphatic carbocycles. The highest BCUT2D eigenvalue weighted by Crippen LogP contribution is 2.28. The van der Waals surface area contributed by atoms with Crippen LogP contribution in [0.25, 0.3) is 0 Å². The molecule has 7 heteroatoms. The summed E-state index contributed by atoms with van der Waals surface area (Å²) >= 11 is 0. The van der Waals surface area contributed by atoms with Crippen LogP contribution in [0, 0.1) is 5.92 Å². The van der Waals surface area contributed by atoms with E-state index < -0.39 is 29.1 Å². The van der Waals surface area contributed by atoms with Gasteiger partial charge in [0.25, 0.3) is 0 Å². The molecular formula is C18H32N2O5. The van der Waals surface area contributed by atoms with Gasteiger partial charge in [-0.25, -0.2) is 9.86 Å². The van der Waals surface area contributed by atoms with E-state index in [1.54, 1.807) is 20.8 Å². The Hall–Kier alpha value is -1.63. The number of rotatable bonds is 8. The van der Waals surface area contributed by atoms with Crippen molar-refractivity contribution in [3.63, 3.8) is 0 Å². The van der Waals surface area contributed by atoms with E-state index >= 15 is 0 Å². The second kappa shape index (κ2) is 8.65. The standard InChI is InChI=1S/C18H32N2O5/c1-17(2,3)25-20(12-21)18(4,5)16(24)19-14(15(22)23)11-13-9-7-6-8-10-13/h12-14H,6-11H2,1-5H3,(H,19,24)(H,22,23)/t14-/m1/s1. The van der Waals surface area contributed by atoms with Crippen LogP contribution in [0.15, 0.2) is 0 Å². The van der Waals surface area contributed by atoms with Crippen molar-refractivity contribution in [1.29, 1.82) is 0 Å². The molecule has 0 unspecified atom stereocenters. The Labute approximate surface area is 150 Å². The molecule has 0 saturated heterocycles. The normalized spacial score (nSPS) is 17.6. The number of hydrogen-bond donors (Lipinski definition) is 2. The SMILES string of the molecule is CC(C)(C)ON(C=O)C(C)(C)C(=O)N[C@H](CC1CCCCC1)C(=O)O. The van der Waals surface area contributed by atoms with Crippen molar-refractivity contribution < 1.29 is 24.3 Å². The van der Waals surface area contributed by atoms with Gasteiger partial charge in [-0.2, -0.15) is 0 Å². The summed E-state index contributed by atoms with van der Waals surface area (Å²) in [6.45, 7) is 8.35. The van der Waals surface area contributed by atoms with Crippen molar-refractivity contribution in [2.75, 3.05) is 0 Å². The fourth-order valence-corrected chi connectivity index (χ4v) is 2.98. The number of carbonyl (C=O) groups is 3. The minimum atomic E-state index is -1.32. The number of hydroxylamine groups is 2. The summed E-state index contributed by atoms with van der Waals surface area (Å²) < 4.78 is 0. The van der Waals surface area contributed by atoms with Crippen LogP contribution >= 0.6 is 0 Å². The highest BCUT2D eigenvalue weighted by molar-refractivity contribution is 5.90. The molecule has 0 aromatic heterocycles. The molecule has 2 N–H and O–H groups in total. The molecule has 0 aromatic carbocycles. The monoisotopic (exact) mass is 356 g/mol. The number of nitrogens with one attached hydrogen (secondary N) is 1. The lowest BCUT2D eigenvalue weighted by Gasteiger charge is -2.38. The molecular weight excluding hydrogens is 324 g/mol. The molecule has 0 aromatic rings. The van der Waals surface area contributed by atoms with E-state index in [1.165, 1.54) is 20.3 Å². The summed E-state index contributed by atoms with van der Waals surface area (Å²) in [5.74, 6) is -1.29. The maximum Gasteiger partial charge on any atom is 0.326 e. The molecule has 0 aliphatic heterocycles. The van der Waals surface area contributed by atoms with Crippen LogP contribution in [-0.4, -0.2) is 45.6 Å². The third-order valence-corrected chi connectivity index (χ3v) is 4.47. The van der Waals surface area contributed by atoms with Gasteiger partial charge in [-0.3, -0.25) is 14.4 Å². The third kappa shape index (κ3) is 6.65. The van der Waals surface area contributed by atoms with Crippen LogP contribution in [-0.2, 0) is 19.2 Å². The zero-order valence-electron chi connectivity index (χ0n) is 16.0. The third-order valence-electron chi connectivity index (χ3n) is 4.47. The zero-order chi connectivity index (χ0) is 19.3. The molecule has 25 heavy (non-hydrogen) atoms. The van der Waals surface area contributed by atoms with Gasteiger partial charge in [0.1, 0.15) is 11.6 Å². The maximum atomic E-state index is 12.7. The van der Waals surface area contributed by atoms with Crippen LogP contribution in [0.5, 0.6) is 0 Å². The van der Waals surface area contributed by atoms with Gasteiger partial charge >= 0.3 is 5.97 Å². The predicted octanol–water partition coefficient (Wildman–Crippen LogP) is 2.49. The first-order valence-electron chi connectivity index (χ1n) is 8.95. The van der Waals surface area contributed by atoms with Crippen LogP contribution < -0.4 is 5.32 Å². The smallest absolute Gasteiger partial charge is 0.326 e. The van der Waals surface area contributed by atoms with E-state index in [1.807, 2.05) is 0 Å².